The van der Waals surface area contributed by atoms with Gasteiger partial charge in [-0.25, -0.2) is 4.79 Å². The molecular formula is C15H15N3O2. The molecule has 0 aliphatic heterocycles. The number of pyridine rings is 1. The highest BCUT2D eigenvalue weighted by molar-refractivity contribution is 6.02. The van der Waals surface area contributed by atoms with E-state index in [4.69, 9.17) is 0 Å². The average Bonchev–Trinajstić information content (AvgIpc) is 2.46. The minimum absolute atomic E-state index is 0.356. The quantitative estimate of drug-likeness (QED) is 0.740. The molecule has 2 aromatic heterocycles. The van der Waals surface area contributed by atoms with Crippen molar-refractivity contribution in [3.8, 4) is 0 Å². The van der Waals surface area contributed by atoms with E-state index in [1.54, 1.807) is 16.8 Å². The molecule has 20 heavy (non-hydrogen) atoms. The molecule has 2 heterocycles. The van der Waals surface area contributed by atoms with Crippen molar-refractivity contribution in [3.63, 3.8) is 0 Å². The predicted octanol–water partition coefficient (Wildman–Crippen LogP) is 2.04. The molecule has 0 saturated carbocycles. The van der Waals surface area contributed by atoms with Crippen molar-refractivity contribution in [1.29, 1.82) is 0 Å². The van der Waals surface area contributed by atoms with Gasteiger partial charge in [-0.2, -0.15) is 0 Å². The summed E-state index contributed by atoms with van der Waals surface area (Å²) in [6.45, 7) is 2.65. The van der Waals surface area contributed by atoms with Crippen LogP contribution in [0.3, 0.4) is 0 Å². The van der Waals surface area contributed by atoms with Crippen LogP contribution in [-0.4, -0.2) is 14.5 Å². The molecule has 1 N–H and O–H groups in total. The van der Waals surface area contributed by atoms with Gasteiger partial charge in [0.2, 0.25) is 0 Å². The Morgan fingerprint density at radius 3 is 2.90 bits per heavy atom. The summed E-state index contributed by atoms with van der Waals surface area (Å²) in [4.78, 5) is 30.8. The molecule has 0 bridgehead atoms. The first-order chi connectivity index (χ1) is 9.72. The van der Waals surface area contributed by atoms with Gasteiger partial charge < -0.3 is 0 Å². The minimum Gasteiger partial charge on any atom is -0.291 e. The van der Waals surface area contributed by atoms with Gasteiger partial charge in [0.05, 0.1) is 16.4 Å². The summed E-state index contributed by atoms with van der Waals surface area (Å²) >= 11 is 0. The zero-order valence-corrected chi connectivity index (χ0v) is 11.2. The van der Waals surface area contributed by atoms with Gasteiger partial charge in [0.15, 0.2) is 0 Å². The Morgan fingerprint density at radius 1 is 1.25 bits per heavy atom. The fourth-order valence-corrected chi connectivity index (χ4v) is 2.45. The second-order valence-corrected chi connectivity index (χ2v) is 4.80. The third-order valence-corrected chi connectivity index (χ3v) is 3.46. The van der Waals surface area contributed by atoms with E-state index in [0.717, 1.165) is 18.2 Å². The predicted molar refractivity (Wildman–Crippen MR) is 79.0 cm³/mol. The van der Waals surface area contributed by atoms with Crippen molar-refractivity contribution in [3.05, 3.63) is 51.3 Å². The summed E-state index contributed by atoms with van der Waals surface area (Å²) in [5.74, 6) is 0. The number of unbranched alkanes of at least 4 members (excludes halogenated alkanes) is 1. The maximum absolute atomic E-state index is 12.1. The Hall–Kier alpha value is -2.43. The van der Waals surface area contributed by atoms with E-state index >= 15 is 0 Å². The van der Waals surface area contributed by atoms with E-state index < -0.39 is 0 Å². The highest BCUT2D eigenvalue weighted by Gasteiger charge is 2.11. The lowest BCUT2D eigenvalue weighted by Crippen LogP contribution is -2.30. The van der Waals surface area contributed by atoms with Crippen LogP contribution in [0.15, 0.2) is 40.1 Å². The van der Waals surface area contributed by atoms with E-state index in [9.17, 15) is 9.59 Å². The molecule has 3 rings (SSSR count). The van der Waals surface area contributed by atoms with E-state index in [-0.39, 0.29) is 11.2 Å². The monoisotopic (exact) mass is 269 g/mol. The van der Waals surface area contributed by atoms with Crippen molar-refractivity contribution < 1.29 is 0 Å². The highest BCUT2D eigenvalue weighted by atomic mass is 16.2. The molecular weight excluding hydrogens is 254 g/mol. The molecule has 1 aromatic carbocycles. The van der Waals surface area contributed by atoms with Crippen LogP contribution in [0.25, 0.3) is 21.8 Å². The maximum Gasteiger partial charge on any atom is 0.328 e. The minimum atomic E-state index is -0.367. The number of nitrogens with one attached hydrogen (secondary N) is 1. The maximum atomic E-state index is 12.1. The van der Waals surface area contributed by atoms with Crippen LogP contribution in [0.4, 0.5) is 0 Å². The largest absolute Gasteiger partial charge is 0.328 e. The Bertz CT molecular complexity index is 893. The Kier molecular flexibility index (Phi) is 3.10. The molecule has 0 saturated heterocycles. The molecule has 102 valence electrons. The van der Waals surface area contributed by atoms with Crippen molar-refractivity contribution in [2.24, 2.45) is 0 Å². The van der Waals surface area contributed by atoms with Crippen LogP contribution in [-0.2, 0) is 6.54 Å². The van der Waals surface area contributed by atoms with E-state index in [1.807, 2.05) is 18.2 Å². The summed E-state index contributed by atoms with van der Waals surface area (Å²) in [5, 5.41) is 1.43. The smallest absolute Gasteiger partial charge is 0.291 e. The van der Waals surface area contributed by atoms with Gasteiger partial charge in [-0.3, -0.25) is 19.3 Å². The number of aromatic nitrogens is 3. The zero-order chi connectivity index (χ0) is 14.1. The van der Waals surface area contributed by atoms with Crippen LogP contribution >= 0.6 is 0 Å². The van der Waals surface area contributed by atoms with E-state index in [0.29, 0.717) is 23.0 Å². The van der Waals surface area contributed by atoms with Crippen molar-refractivity contribution in [1.82, 2.24) is 14.5 Å². The number of fused-ring (bicyclic) bond motifs is 3. The molecule has 0 aliphatic carbocycles. The van der Waals surface area contributed by atoms with Crippen LogP contribution in [0, 0.1) is 0 Å². The lowest BCUT2D eigenvalue weighted by molar-refractivity contribution is 0.618. The Labute approximate surface area is 114 Å². The molecule has 0 atom stereocenters. The average molecular weight is 269 g/mol. The summed E-state index contributed by atoms with van der Waals surface area (Å²) in [5.41, 5.74) is 0.606. The first kappa shape index (κ1) is 12.6. The lowest BCUT2D eigenvalue weighted by atomic mass is 10.1. The highest BCUT2D eigenvalue weighted by Crippen LogP contribution is 2.20. The molecule has 3 aromatic rings. The van der Waals surface area contributed by atoms with Gasteiger partial charge in [0.1, 0.15) is 0 Å². The summed E-state index contributed by atoms with van der Waals surface area (Å²) < 4.78 is 1.62. The second kappa shape index (κ2) is 4.92. The van der Waals surface area contributed by atoms with Crippen LogP contribution in [0.2, 0.25) is 0 Å². The topological polar surface area (TPSA) is 67.8 Å². The first-order valence-electron chi connectivity index (χ1n) is 6.73. The molecule has 0 aliphatic rings. The standard InChI is InChI=1S/C15H15N3O2/c1-2-3-9-18-13-11(14(19)17-15(18)20)7-6-10-5-4-8-16-12(10)13/h4-8H,2-3,9H2,1H3,(H,17,19,20). The summed E-state index contributed by atoms with van der Waals surface area (Å²) in [6, 6.07) is 7.38. The summed E-state index contributed by atoms with van der Waals surface area (Å²) in [7, 11) is 0. The van der Waals surface area contributed by atoms with Gasteiger partial charge in [-0.05, 0) is 18.6 Å². The van der Waals surface area contributed by atoms with Crippen LogP contribution in [0.1, 0.15) is 19.8 Å². The fraction of sp³-hybridized carbons (Fsp3) is 0.267. The van der Waals surface area contributed by atoms with Gasteiger partial charge in [0.25, 0.3) is 5.56 Å². The van der Waals surface area contributed by atoms with Crippen molar-refractivity contribution in [2.45, 2.75) is 26.3 Å². The molecule has 0 unspecified atom stereocenters. The molecule has 0 amide bonds. The van der Waals surface area contributed by atoms with E-state index in [2.05, 4.69) is 16.9 Å². The van der Waals surface area contributed by atoms with Gasteiger partial charge >= 0.3 is 5.69 Å². The Morgan fingerprint density at radius 2 is 2.10 bits per heavy atom. The summed E-state index contributed by atoms with van der Waals surface area (Å²) in [6.07, 6.45) is 3.53. The van der Waals surface area contributed by atoms with Crippen LogP contribution in [0.5, 0.6) is 0 Å². The molecule has 0 radical (unpaired) electrons. The van der Waals surface area contributed by atoms with Gasteiger partial charge in [-0.15, -0.1) is 0 Å². The zero-order valence-electron chi connectivity index (χ0n) is 11.2. The number of hydrogen-bond donors (Lipinski definition) is 1. The van der Waals surface area contributed by atoms with Gasteiger partial charge in [0, 0.05) is 18.1 Å². The Balaban J connectivity index is 2.49. The van der Waals surface area contributed by atoms with E-state index in [1.165, 1.54) is 0 Å². The molecule has 0 fully saturated rings. The number of aryl methyl sites for hydroxylation is 1. The lowest BCUT2D eigenvalue weighted by Gasteiger charge is -2.10. The molecule has 5 heteroatoms. The first-order valence-corrected chi connectivity index (χ1v) is 6.73. The molecule has 5 nitrogen and oxygen atoms in total. The van der Waals surface area contributed by atoms with Crippen molar-refractivity contribution >= 4 is 21.8 Å². The third kappa shape index (κ3) is 1.91. The SMILES string of the molecule is CCCCn1c(=O)[nH]c(=O)c2ccc3cccnc3c21. The molecule has 0 spiro atoms. The normalized spacial score (nSPS) is 11.2. The van der Waals surface area contributed by atoms with Crippen LogP contribution < -0.4 is 11.2 Å². The number of hydrogen-bond acceptors (Lipinski definition) is 3. The number of benzene rings is 1. The van der Waals surface area contributed by atoms with Gasteiger partial charge in [-0.1, -0.05) is 25.5 Å². The number of rotatable bonds is 3. The fourth-order valence-electron chi connectivity index (χ4n) is 2.45. The number of nitrogens with zero attached hydrogens (tertiary/aromatic N) is 2. The second-order valence-electron chi connectivity index (χ2n) is 4.80. The number of aromatic amines is 1. The third-order valence-electron chi connectivity index (χ3n) is 3.46. The van der Waals surface area contributed by atoms with Crippen molar-refractivity contribution in [2.75, 3.05) is 0 Å². The number of H-pyrrole nitrogens is 1.